The SMILES string of the molecule is C#CCC(C)(C)Nc1ccc(C(=O)O)cn1. The Morgan fingerprint density at radius 3 is 2.75 bits per heavy atom. The van der Waals surface area contributed by atoms with E-state index in [2.05, 4.69) is 16.2 Å². The molecule has 4 heteroatoms. The molecule has 0 spiro atoms. The van der Waals surface area contributed by atoms with E-state index >= 15 is 0 Å². The Balaban J connectivity index is 2.76. The number of hydrogen-bond donors (Lipinski definition) is 2. The zero-order chi connectivity index (χ0) is 12.2. The summed E-state index contributed by atoms with van der Waals surface area (Å²) in [6, 6.07) is 3.13. The highest BCUT2D eigenvalue weighted by molar-refractivity contribution is 5.87. The summed E-state index contributed by atoms with van der Waals surface area (Å²) in [6.45, 7) is 3.92. The number of terminal acetylenes is 1. The minimum atomic E-state index is -0.984. The van der Waals surface area contributed by atoms with Gasteiger partial charge in [-0.05, 0) is 26.0 Å². The lowest BCUT2D eigenvalue weighted by atomic mass is 10.0. The van der Waals surface area contributed by atoms with Crippen LogP contribution in [0, 0.1) is 12.3 Å². The van der Waals surface area contributed by atoms with Crippen molar-refractivity contribution in [3.63, 3.8) is 0 Å². The van der Waals surface area contributed by atoms with E-state index < -0.39 is 5.97 Å². The Hall–Kier alpha value is -2.02. The summed E-state index contributed by atoms with van der Waals surface area (Å²) < 4.78 is 0. The molecule has 1 rings (SSSR count). The van der Waals surface area contributed by atoms with Crippen LogP contribution in [0.2, 0.25) is 0 Å². The van der Waals surface area contributed by atoms with Crippen molar-refractivity contribution in [2.45, 2.75) is 25.8 Å². The van der Waals surface area contributed by atoms with Gasteiger partial charge in [-0.1, -0.05) is 0 Å². The van der Waals surface area contributed by atoms with E-state index in [4.69, 9.17) is 11.5 Å². The van der Waals surface area contributed by atoms with Crippen LogP contribution in [0.15, 0.2) is 18.3 Å². The third-order valence-electron chi connectivity index (χ3n) is 2.02. The molecule has 1 heterocycles. The predicted octanol–water partition coefficient (Wildman–Crippen LogP) is 1.99. The number of anilines is 1. The largest absolute Gasteiger partial charge is 0.478 e. The minimum absolute atomic E-state index is 0.167. The molecule has 84 valence electrons. The van der Waals surface area contributed by atoms with Crippen LogP contribution in [0.1, 0.15) is 30.6 Å². The van der Waals surface area contributed by atoms with Crippen LogP contribution in [0.5, 0.6) is 0 Å². The molecular weight excluding hydrogens is 204 g/mol. The topological polar surface area (TPSA) is 62.2 Å². The summed E-state index contributed by atoms with van der Waals surface area (Å²) >= 11 is 0. The number of nitrogens with zero attached hydrogens (tertiary/aromatic N) is 1. The molecule has 2 N–H and O–H groups in total. The zero-order valence-electron chi connectivity index (χ0n) is 9.32. The maximum atomic E-state index is 10.6. The molecule has 1 aromatic rings. The average molecular weight is 218 g/mol. The first-order chi connectivity index (χ1) is 7.44. The lowest BCUT2D eigenvalue weighted by Crippen LogP contribution is -2.30. The van der Waals surface area contributed by atoms with E-state index in [9.17, 15) is 4.79 Å². The Labute approximate surface area is 94.7 Å². The van der Waals surface area contributed by atoms with Crippen molar-refractivity contribution in [3.8, 4) is 12.3 Å². The summed E-state index contributed by atoms with van der Waals surface area (Å²) in [6.07, 6.45) is 7.12. The average Bonchev–Trinajstić information content (AvgIpc) is 2.17. The van der Waals surface area contributed by atoms with Crippen molar-refractivity contribution < 1.29 is 9.90 Å². The van der Waals surface area contributed by atoms with E-state index in [0.29, 0.717) is 12.2 Å². The molecule has 0 unspecified atom stereocenters. The van der Waals surface area contributed by atoms with Gasteiger partial charge in [0.1, 0.15) is 5.82 Å². The lowest BCUT2D eigenvalue weighted by molar-refractivity contribution is 0.0696. The van der Waals surface area contributed by atoms with Gasteiger partial charge in [0.2, 0.25) is 0 Å². The predicted molar refractivity (Wildman–Crippen MR) is 62.3 cm³/mol. The van der Waals surface area contributed by atoms with Crippen molar-refractivity contribution in [2.24, 2.45) is 0 Å². The Kier molecular flexibility index (Phi) is 3.51. The third kappa shape index (κ3) is 3.28. The molecule has 1 aromatic heterocycles. The van der Waals surface area contributed by atoms with Crippen LogP contribution in [0.3, 0.4) is 0 Å². The molecule has 0 bridgehead atoms. The van der Waals surface area contributed by atoms with Crippen molar-refractivity contribution >= 4 is 11.8 Å². The summed E-state index contributed by atoms with van der Waals surface area (Å²) in [4.78, 5) is 14.6. The van der Waals surface area contributed by atoms with Crippen LogP contribution in [-0.2, 0) is 0 Å². The van der Waals surface area contributed by atoms with E-state index in [1.54, 1.807) is 6.07 Å². The van der Waals surface area contributed by atoms with Crippen molar-refractivity contribution in [3.05, 3.63) is 23.9 Å². The molecule has 0 aliphatic heterocycles. The Morgan fingerprint density at radius 2 is 2.31 bits per heavy atom. The number of aromatic carboxylic acids is 1. The van der Waals surface area contributed by atoms with Gasteiger partial charge >= 0.3 is 5.97 Å². The first kappa shape index (κ1) is 12.1. The van der Waals surface area contributed by atoms with Gasteiger partial charge < -0.3 is 10.4 Å². The second-order valence-corrected chi connectivity index (χ2v) is 4.13. The van der Waals surface area contributed by atoms with Gasteiger partial charge in [-0.25, -0.2) is 9.78 Å². The fourth-order valence-electron chi connectivity index (χ4n) is 1.24. The number of carboxylic acids is 1. The van der Waals surface area contributed by atoms with Gasteiger partial charge in [0.15, 0.2) is 0 Å². The highest BCUT2D eigenvalue weighted by atomic mass is 16.4. The van der Waals surface area contributed by atoms with Gasteiger partial charge in [0.25, 0.3) is 0 Å². The second-order valence-electron chi connectivity index (χ2n) is 4.13. The molecule has 0 aliphatic carbocycles. The Morgan fingerprint density at radius 1 is 1.62 bits per heavy atom. The molecule has 0 aromatic carbocycles. The molecule has 0 aliphatic rings. The van der Waals surface area contributed by atoms with Gasteiger partial charge in [-0.2, -0.15) is 0 Å². The van der Waals surface area contributed by atoms with Gasteiger partial charge in [-0.3, -0.25) is 0 Å². The van der Waals surface area contributed by atoms with E-state index in [0.717, 1.165) is 0 Å². The Bertz CT molecular complexity index is 416. The smallest absolute Gasteiger partial charge is 0.337 e. The van der Waals surface area contributed by atoms with E-state index in [-0.39, 0.29) is 11.1 Å². The van der Waals surface area contributed by atoms with Gasteiger partial charge in [0.05, 0.1) is 5.56 Å². The summed E-state index contributed by atoms with van der Waals surface area (Å²) in [5, 5.41) is 11.8. The van der Waals surface area contributed by atoms with Crippen LogP contribution < -0.4 is 5.32 Å². The first-order valence-corrected chi connectivity index (χ1v) is 4.85. The van der Waals surface area contributed by atoms with Gasteiger partial charge in [0, 0.05) is 18.2 Å². The highest BCUT2D eigenvalue weighted by Crippen LogP contribution is 2.15. The molecule has 16 heavy (non-hydrogen) atoms. The number of nitrogens with one attached hydrogen (secondary N) is 1. The molecule has 0 saturated carbocycles. The van der Waals surface area contributed by atoms with Crippen molar-refractivity contribution in [1.82, 2.24) is 4.98 Å². The summed E-state index contributed by atoms with van der Waals surface area (Å²) in [5.41, 5.74) is -0.0905. The number of carbonyl (C=O) groups is 1. The number of rotatable bonds is 4. The van der Waals surface area contributed by atoms with Crippen LogP contribution in [0.25, 0.3) is 0 Å². The lowest BCUT2D eigenvalue weighted by Gasteiger charge is -2.24. The fourth-order valence-corrected chi connectivity index (χ4v) is 1.24. The molecule has 0 saturated heterocycles. The van der Waals surface area contributed by atoms with E-state index in [1.807, 2.05) is 13.8 Å². The molecule has 0 radical (unpaired) electrons. The molecule has 0 fully saturated rings. The molecule has 4 nitrogen and oxygen atoms in total. The molecule has 0 atom stereocenters. The van der Waals surface area contributed by atoms with E-state index in [1.165, 1.54) is 12.3 Å². The number of pyridine rings is 1. The van der Waals surface area contributed by atoms with Crippen LogP contribution in [-0.4, -0.2) is 21.6 Å². The highest BCUT2D eigenvalue weighted by Gasteiger charge is 2.16. The molecular formula is C12H14N2O2. The normalized spacial score (nSPS) is 10.6. The number of hydrogen-bond acceptors (Lipinski definition) is 3. The maximum Gasteiger partial charge on any atom is 0.337 e. The zero-order valence-corrected chi connectivity index (χ0v) is 9.32. The summed E-state index contributed by atoms with van der Waals surface area (Å²) in [7, 11) is 0. The number of aromatic nitrogens is 1. The monoisotopic (exact) mass is 218 g/mol. The molecule has 0 amide bonds. The minimum Gasteiger partial charge on any atom is -0.478 e. The first-order valence-electron chi connectivity index (χ1n) is 4.85. The maximum absolute atomic E-state index is 10.6. The van der Waals surface area contributed by atoms with Gasteiger partial charge in [-0.15, -0.1) is 12.3 Å². The third-order valence-corrected chi connectivity index (χ3v) is 2.02. The van der Waals surface area contributed by atoms with Crippen molar-refractivity contribution in [2.75, 3.05) is 5.32 Å². The van der Waals surface area contributed by atoms with Crippen LogP contribution in [0.4, 0.5) is 5.82 Å². The second kappa shape index (κ2) is 4.67. The quantitative estimate of drug-likeness (QED) is 0.759. The van der Waals surface area contributed by atoms with Crippen LogP contribution >= 0.6 is 0 Å². The fraction of sp³-hybridized carbons (Fsp3) is 0.333. The number of carboxylic acid groups (broad SMARTS) is 1. The standard InChI is InChI=1S/C12H14N2O2/c1-4-7-12(2,3)14-10-6-5-9(8-13-10)11(15)16/h1,5-6,8H,7H2,2-3H3,(H,13,14)(H,15,16). The summed E-state index contributed by atoms with van der Waals surface area (Å²) in [5.74, 6) is 2.21. The van der Waals surface area contributed by atoms with Crippen molar-refractivity contribution in [1.29, 1.82) is 0 Å².